The fourth-order valence-corrected chi connectivity index (χ4v) is 3.18. The molecule has 0 aliphatic carbocycles. The monoisotopic (exact) mass is 475 g/mol. The van der Waals surface area contributed by atoms with Gasteiger partial charge in [0.1, 0.15) is 5.82 Å². The number of halogens is 2. The van der Waals surface area contributed by atoms with Crippen LogP contribution in [-0.4, -0.2) is 28.7 Å². The van der Waals surface area contributed by atoms with Crippen LogP contribution in [0.3, 0.4) is 0 Å². The molecule has 0 aliphatic heterocycles. The molecular weight excluding hydrogens is 457 g/mol. The molecule has 0 aliphatic rings. The molecule has 0 radical (unpaired) electrons. The third kappa shape index (κ3) is 4.75. The van der Waals surface area contributed by atoms with Crippen molar-refractivity contribution < 1.29 is 14.7 Å². The number of hydrogen-bond acceptors (Lipinski definition) is 5. The molecule has 8 heteroatoms. The minimum Gasteiger partial charge on any atom is -0.394 e. The Morgan fingerprint density at radius 1 is 1.44 bits per heavy atom. The number of hydrogen-bond donors (Lipinski definition) is 3. The van der Waals surface area contributed by atoms with E-state index in [1.807, 2.05) is 18.2 Å². The summed E-state index contributed by atoms with van der Waals surface area (Å²) in [6.07, 6.45) is 0. The molecule has 1 aromatic carbocycles. The lowest BCUT2D eigenvalue weighted by Crippen LogP contribution is -2.15. The summed E-state index contributed by atoms with van der Waals surface area (Å²) < 4.78 is 2.76. The Morgan fingerprint density at radius 3 is 2.76 bits per heavy atom. The van der Waals surface area contributed by atoms with Crippen LogP contribution < -0.4 is 10.8 Å². The van der Waals surface area contributed by atoms with E-state index >= 15 is 0 Å². The number of anilines is 2. The molecule has 0 bridgehead atoms. The number of benzene rings is 1. The van der Waals surface area contributed by atoms with Crippen molar-refractivity contribution in [2.75, 3.05) is 18.5 Å². The molecule has 2 aromatic rings. The van der Waals surface area contributed by atoms with Gasteiger partial charge in [-0.2, -0.15) is 0 Å². The largest absolute Gasteiger partial charge is 0.394 e. The van der Waals surface area contributed by atoms with Crippen LogP contribution in [0.5, 0.6) is 0 Å². The van der Waals surface area contributed by atoms with Gasteiger partial charge >= 0.3 is 0 Å². The standard InChI is InChI=1S/C17H19ClIN3O3/c1-10(21-25-7-6-23)13-9-16(11(2)24)22(3)17(13)20-15-5-4-12(19)8-14(15)18/h4-5,8-9,20-21,23H,1,6-7H2,2-3H3. The van der Waals surface area contributed by atoms with E-state index in [1.54, 1.807) is 17.7 Å². The van der Waals surface area contributed by atoms with Crippen LogP contribution in [0.4, 0.5) is 11.5 Å². The molecule has 134 valence electrons. The highest BCUT2D eigenvalue weighted by Gasteiger charge is 2.18. The number of carbonyl (C=O) groups is 1. The van der Waals surface area contributed by atoms with Crippen molar-refractivity contribution in [2.45, 2.75) is 6.92 Å². The Kier molecular flexibility index (Phi) is 6.88. The molecule has 0 saturated heterocycles. The lowest BCUT2D eigenvalue weighted by Gasteiger charge is -2.15. The van der Waals surface area contributed by atoms with Crippen molar-refractivity contribution >= 4 is 57.2 Å². The van der Waals surface area contributed by atoms with Crippen molar-refractivity contribution in [1.29, 1.82) is 0 Å². The molecule has 0 unspecified atom stereocenters. The summed E-state index contributed by atoms with van der Waals surface area (Å²) in [5.41, 5.74) is 5.03. The molecule has 0 atom stereocenters. The van der Waals surface area contributed by atoms with E-state index in [9.17, 15) is 4.79 Å². The van der Waals surface area contributed by atoms with E-state index in [4.69, 9.17) is 21.5 Å². The van der Waals surface area contributed by atoms with Crippen LogP contribution in [0, 0.1) is 3.57 Å². The average Bonchev–Trinajstić information content (AvgIpc) is 2.87. The highest BCUT2D eigenvalue weighted by molar-refractivity contribution is 14.1. The normalized spacial score (nSPS) is 10.6. The van der Waals surface area contributed by atoms with Gasteiger partial charge < -0.3 is 15.0 Å². The molecule has 0 saturated carbocycles. The fourth-order valence-electron chi connectivity index (χ4n) is 2.28. The summed E-state index contributed by atoms with van der Waals surface area (Å²) >= 11 is 8.49. The van der Waals surface area contributed by atoms with Gasteiger partial charge in [-0.3, -0.25) is 15.1 Å². The molecule has 1 heterocycles. The van der Waals surface area contributed by atoms with E-state index < -0.39 is 0 Å². The molecule has 1 aromatic heterocycles. The van der Waals surface area contributed by atoms with Gasteiger partial charge in [-0.15, -0.1) is 0 Å². The molecule has 6 nitrogen and oxygen atoms in total. The fraction of sp³-hybridized carbons (Fsp3) is 0.235. The number of nitrogens with zero attached hydrogens (tertiary/aromatic N) is 1. The van der Waals surface area contributed by atoms with E-state index in [0.717, 1.165) is 3.57 Å². The number of hydroxylamine groups is 1. The maximum atomic E-state index is 11.9. The molecule has 3 N–H and O–H groups in total. The third-order valence-corrected chi connectivity index (χ3v) is 4.48. The second kappa shape index (κ2) is 8.70. The van der Waals surface area contributed by atoms with Gasteiger partial charge in [-0.25, -0.2) is 0 Å². The molecule has 0 spiro atoms. The maximum absolute atomic E-state index is 11.9. The van der Waals surface area contributed by atoms with Crippen LogP contribution >= 0.6 is 34.2 Å². The predicted octanol–water partition coefficient (Wildman–Crippen LogP) is 3.71. The van der Waals surface area contributed by atoms with Crippen molar-refractivity contribution in [3.63, 3.8) is 0 Å². The number of ketones is 1. The summed E-state index contributed by atoms with van der Waals surface area (Å²) in [7, 11) is 1.78. The zero-order valence-electron chi connectivity index (χ0n) is 13.9. The Hall–Kier alpha value is -1.55. The molecular formula is C17H19ClIN3O3. The van der Waals surface area contributed by atoms with Gasteiger partial charge in [-0.05, 0) is 46.9 Å². The van der Waals surface area contributed by atoms with Crippen molar-refractivity contribution in [1.82, 2.24) is 10.0 Å². The summed E-state index contributed by atoms with van der Waals surface area (Å²) in [4.78, 5) is 17.0. The predicted molar refractivity (Wildman–Crippen MR) is 108 cm³/mol. The van der Waals surface area contributed by atoms with Gasteiger partial charge in [0.2, 0.25) is 0 Å². The summed E-state index contributed by atoms with van der Waals surface area (Å²) in [5, 5.41) is 12.6. The number of aliphatic hydroxyl groups is 1. The first-order valence-electron chi connectivity index (χ1n) is 7.45. The van der Waals surface area contributed by atoms with Gasteiger partial charge in [0, 0.05) is 23.1 Å². The van der Waals surface area contributed by atoms with Gasteiger partial charge in [0.15, 0.2) is 5.78 Å². The third-order valence-electron chi connectivity index (χ3n) is 3.49. The Morgan fingerprint density at radius 2 is 2.16 bits per heavy atom. The Labute approximate surface area is 164 Å². The number of Topliss-reactive ketones (excluding diaryl/α,β-unsaturated/α-hetero) is 1. The van der Waals surface area contributed by atoms with E-state index in [1.165, 1.54) is 6.92 Å². The first-order valence-corrected chi connectivity index (χ1v) is 8.91. The smallest absolute Gasteiger partial charge is 0.176 e. The first kappa shape index (κ1) is 19.8. The number of aliphatic hydroxyl groups excluding tert-OH is 1. The lowest BCUT2D eigenvalue weighted by atomic mass is 10.2. The van der Waals surface area contributed by atoms with Crippen molar-refractivity contribution in [2.24, 2.45) is 7.05 Å². The van der Waals surface area contributed by atoms with Crippen LogP contribution in [0.15, 0.2) is 30.8 Å². The van der Waals surface area contributed by atoms with E-state index in [0.29, 0.717) is 33.5 Å². The second-order valence-electron chi connectivity index (χ2n) is 5.31. The highest BCUT2D eigenvalue weighted by Crippen LogP contribution is 2.32. The Balaban J connectivity index is 2.40. The summed E-state index contributed by atoms with van der Waals surface area (Å²) in [5.74, 6) is 0.577. The van der Waals surface area contributed by atoms with Crippen LogP contribution in [-0.2, 0) is 11.9 Å². The average molecular weight is 476 g/mol. The summed E-state index contributed by atoms with van der Waals surface area (Å²) in [6.45, 7) is 5.44. The van der Waals surface area contributed by atoms with E-state index in [-0.39, 0.29) is 19.0 Å². The summed E-state index contributed by atoms with van der Waals surface area (Å²) in [6, 6.07) is 7.37. The highest BCUT2D eigenvalue weighted by atomic mass is 127. The second-order valence-corrected chi connectivity index (χ2v) is 6.96. The zero-order chi connectivity index (χ0) is 18.6. The van der Waals surface area contributed by atoms with Crippen LogP contribution in [0.2, 0.25) is 5.02 Å². The first-order chi connectivity index (χ1) is 11.8. The zero-order valence-corrected chi connectivity index (χ0v) is 16.8. The SMILES string of the molecule is C=C(NOCCO)c1cc(C(C)=O)n(C)c1Nc1ccc(I)cc1Cl. The van der Waals surface area contributed by atoms with Crippen molar-refractivity contribution in [3.05, 3.63) is 50.7 Å². The van der Waals surface area contributed by atoms with Gasteiger partial charge in [0.25, 0.3) is 0 Å². The number of rotatable bonds is 8. The molecule has 0 fully saturated rings. The van der Waals surface area contributed by atoms with Crippen LogP contribution in [0.1, 0.15) is 23.0 Å². The number of carbonyl (C=O) groups excluding carboxylic acids is 1. The molecule has 2 rings (SSSR count). The quantitative estimate of drug-likeness (QED) is 0.235. The van der Waals surface area contributed by atoms with Gasteiger partial charge in [-0.1, -0.05) is 18.2 Å². The Bertz CT molecular complexity index is 805. The minimum absolute atomic E-state index is 0.0745. The topological polar surface area (TPSA) is 75.5 Å². The number of aromatic nitrogens is 1. The molecule has 0 amide bonds. The van der Waals surface area contributed by atoms with Crippen LogP contribution in [0.25, 0.3) is 5.70 Å². The lowest BCUT2D eigenvalue weighted by molar-refractivity contribution is 0.0482. The van der Waals surface area contributed by atoms with Gasteiger partial charge in [0.05, 0.1) is 35.3 Å². The van der Waals surface area contributed by atoms with E-state index in [2.05, 4.69) is 40.0 Å². The number of nitrogens with one attached hydrogen (secondary N) is 2. The molecule has 25 heavy (non-hydrogen) atoms. The maximum Gasteiger partial charge on any atom is 0.176 e. The minimum atomic E-state index is -0.114. The van der Waals surface area contributed by atoms with Crippen molar-refractivity contribution in [3.8, 4) is 0 Å².